The lowest BCUT2D eigenvalue weighted by molar-refractivity contribution is 0.276. The predicted molar refractivity (Wildman–Crippen MR) is 76.6 cm³/mol. The summed E-state index contributed by atoms with van der Waals surface area (Å²) in [5.74, 6) is 1.87. The minimum absolute atomic E-state index is 0.521. The van der Waals surface area contributed by atoms with Crippen molar-refractivity contribution in [1.82, 2.24) is 5.32 Å². The van der Waals surface area contributed by atoms with Crippen molar-refractivity contribution < 1.29 is 0 Å². The van der Waals surface area contributed by atoms with E-state index in [0.717, 1.165) is 11.8 Å². The molecule has 0 spiro atoms. The van der Waals surface area contributed by atoms with Crippen LogP contribution >= 0.6 is 11.3 Å². The summed E-state index contributed by atoms with van der Waals surface area (Å²) >= 11 is 1.92. The molecule has 0 aliphatic heterocycles. The molecule has 96 valence electrons. The van der Waals surface area contributed by atoms with E-state index in [1.807, 2.05) is 11.3 Å². The maximum Gasteiger partial charge on any atom is 0.0386 e. The maximum absolute atomic E-state index is 3.71. The predicted octanol–water partition coefficient (Wildman–Crippen LogP) is 4.53. The van der Waals surface area contributed by atoms with Crippen LogP contribution in [-0.2, 0) is 0 Å². The second-order valence-corrected chi connectivity index (χ2v) is 7.02. The first-order valence-corrected chi connectivity index (χ1v) is 7.76. The Hall–Kier alpha value is -0.340. The fraction of sp³-hybridized carbons (Fsp3) is 0.733. The molecule has 1 nitrogen and oxygen atoms in total. The highest BCUT2D eigenvalue weighted by Crippen LogP contribution is 2.28. The van der Waals surface area contributed by atoms with Gasteiger partial charge in [0.15, 0.2) is 0 Å². The Morgan fingerprint density at radius 2 is 2.00 bits per heavy atom. The van der Waals surface area contributed by atoms with Crippen LogP contribution in [0.25, 0.3) is 0 Å². The van der Waals surface area contributed by atoms with E-state index < -0.39 is 0 Å². The summed E-state index contributed by atoms with van der Waals surface area (Å²) < 4.78 is 0. The van der Waals surface area contributed by atoms with Gasteiger partial charge in [0.05, 0.1) is 0 Å². The molecule has 1 heterocycles. The first kappa shape index (κ1) is 13.1. The molecule has 1 aromatic rings. The average molecular weight is 251 g/mol. The van der Waals surface area contributed by atoms with Crippen LogP contribution in [0.1, 0.15) is 55.3 Å². The highest BCUT2D eigenvalue weighted by atomic mass is 32.1. The molecule has 0 aromatic carbocycles. The topological polar surface area (TPSA) is 12.0 Å². The van der Waals surface area contributed by atoms with Gasteiger partial charge in [-0.05, 0) is 57.2 Å². The van der Waals surface area contributed by atoms with Gasteiger partial charge >= 0.3 is 0 Å². The van der Waals surface area contributed by atoms with E-state index >= 15 is 0 Å². The van der Waals surface area contributed by atoms with Crippen LogP contribution < -0.4 is 5.32 Å². The normalized spacial score (nSPS) is 27.0. The summed E-state index contributed by atoms with van der Waals surface area (Å²) in [6, 6.07) is 5.01. The van der Waals surface area contributed by atoms with E-state index in [1.165, 1.54) is 42.0 Å². The zero-order valence-electron chi connectivity index (χ0n) is 11.3. The van der Waals surface area contributed by atoms with E-state index in [4.69, 9.17) is 0 Å². The van der Waals surface area contributed by atoms with Crippen molar-refractivity contribution in [3.05, 3.63) is 21.9 Å². The number of nitrogens with one attached hydrogen (secondary N) is 1. The molecule has 1 aliphatic carbocycles. The molecule has 1 fully saturated rings. The largest absolute Gasteiger partial charge is 0.309 e. The Kier molecular flexibility index (Phi) is 4.63. The molecule has 0 bridgehead atoms. The summed E-state index contributed by atoms with van der Waals surface area (Å²) in [7, 11) is 0. The molecule has 1 aromatic heterocycles. The molecule has 0 saturated heterocycles. The third kappa shape index (κ3) is 3.82. The van der Waals surface area contributed by atoms with E-state index in [-0.39, 0.29) is 0 Å². The standard InChI is InChI=1S/C15H25NS/c1-11-4-7-14(8-5-11)10-16-13(3)15-9-6-12(2)17-15/h6,9,11,13-14,16H,4-5,7-8,10H2,1-3H3. The minimum Gasteiger partial charge on any atom is -0.309 e. The Balaban J connectivity index is 1.74. The quantitative estimate of drug-likeness (QED) is 0.829. The van der Waals surface area contributed by atoms with Crippen LogP contribution in [0.4, 0.5) is 0 Å². The van der Waals surface area contributed by atoms with Crippen molar-refractivity contribution >= 4 is 11.3 Å². The molecular weight excluding hydrogens is 226 g/mol. The van der Waals surface area contributed by atoms with Crippen molar-refractivity contribution in [2.75, 3.05) is 6.54 Å². The van der Waals surface area contributed by atoms with Gasteiger partial charge in [-0.15, -0.1) is 11.3 Å². The van der Waals surface area contributed by atoms with Crippen molar-refractivity contribution in [2.24, 2.45) is 11.8 Å². The van der Waals surface area contributed by atoms with Gasteiger partial charge in [0.1, 0.15) is 0 Å². The van der Waals surface area contributed by atoms with E-state index in [1.54, 1.807) is 0 Å². The second-order valence-electron chi connectivity index (χ2n) is 5.70. The third-order valence-electron chi connectivity index (χ3n) is 4.04. The first-order chi connectivity index (χ1) is 8.15. The Bertz CT molecular complexity index is 336. The molecule has 1 saturated carbocycles. The molecule has 1 atom stereocenters. The molecule has 0 amide bonds. The van der Waals surface area contributed by atoms with Gasteiger partial charge < -0.3 is 5.32 Å². The zero-order chi connectivity index (χ0) is 12.3. The molecule has 1 aliphatic rings. The van der Waals surface area contributed by atoms with Crippen molar-refractivity contribution in [2.45, 2.75) is 52.5 Å². The first-order valence-electron chi connectivity index (χ1n) is 6.95. The Morgan fingerprint density at radius 3 is 2.59 bits per heavy atom. The van der Waals surface area contributed by atoms with Crippen molar-refractivity contribution in [1.29, 1.82) is 0 Å². The lowest BCUT2D eigenvalue weighted by Gasteiger charge is -2.27. The fourth-order valence-electron chi connectivity index (χ4n) is 2.66. The Labute approximate surface area is 110 Å². The molecule has 1 N–H and O–H groups in total. The van der Waals surface area contributed by atoms with Gasteiger partial charge in [-0.25, -0.2) is 0 Å². The molecule has 2 rings (SSSR count). The van der Waals surface area contributed by atoms with Crippen LogP contribution in [0, 0.1) is 18.8 Å². The highest BCUT2D eigenvalue weighted by Gasteiger charge is 2.18. The van der Waals surface area contributed by atoms with Gasteiger partial charge in [-0.2, -0.15) is 0 Å². The van der Waals surface area contributed by atoms with E-state index in [9.17, 15) is 0 Å². The zero-order valence-corrected chi connectivity index (χ0v) is 12.1. The fourth-order valence-corrected chi connectivity index (χ4v) is 3.57. The molecule has 1 unspecified atom stereocenters. The number of hydrogen-bond acceptors (Lipinski definition) is 2. The molecule has 0 radical (unpaired) electrons. The monoisotopic (exact) mass is 251 g/mol. The average Bonchev–Trinajstić information content (AvgIpc) is 2.75. The number of thiophene rings is 1. The van der Waals surface area contributed by atoms with Crippen molar-refractivity contribution in [3.8, 4) is 0 Å². The molecule has 17 heavy (non-hydrogen) atoms. The SMILES string of the molecule is Cc1ccc(C(C)NCC2CCC(C)CC2)s1. The van der Waals surface area contributed by atoms with Crippen LogP contribution in [0.5, 0.6) is 0 Å². The van der Waals surface area contributed by atoms with Crippen LogP contribution in [0.3, 0.4) is 0 Å². The number of hydrogen-bond donors (Lipinski definition) is 1. The smallest absolute Gasteiger partial charge is 0.0386 e. The molecule has 2 heteroatoms. The Morgan fingerprint density at radius 1 is 1.29 bits per heavy atom. The number of rotatable bonds is 4. The summed E-state index contributed by atoms with van der Waals surface area (Å²) in [6.07, 6.45) is 5.70. The van der Waals surface area contributed by atoms with Gasteiger partial charge in [0.2, 0.25) is 0 Å². The summed E-state index contributed by atoms with van der Waals surface area (Å²) in [4.78, 5) is 2.90. The highest BCUT2D eigenvalue weighted by molar-refractivity contribution is 7.12. The summed E-state index contributed by atoms with van der Waals surface area (Å²) in [6.45, 7) is 8.06. The third-order valence-corrected chi connectivity index (χ3v) is 5.22. The van der Waals surface area contributed by atoms with Crippen LogP contribution in [0.2, 0.25) is 0 Å². The van der Waals surface area contributed by atoms with Gasteiger partial charge in [0.25, 0.3) is 0 Å². The number of aryl methyl sites for hydroxylation is 1. The molecular formula is C15H25NS. The lowest BCUT2D eigenvalue weighted by Crippen LogP contribution is -2.27. The minimum atomic E-state index is 0.521. The lowest BCUT2D eigenvalue weighted by atomic mass is 9.83. The van der Waals surface area contributed by atoms with Gasteiger partial charge in [0, 0.05) is 15.8 Å². The second kappa shape index (κ2) is 6.01. The van der Waals surface area contributed by atoms with Gasteiger partial charge in [-0.3, -0.25) is 0 Å². The maximum atomic E-state index is 3.71. The van der Waals surface area contributed by atoms with Crippen LogP contribution in [0.15, 0.2) is 12.1 Å². The van der Waals surface area contributed by atoms with Gasteiger partial charge in [-0.1, -0.05) is 19.8 Å². The van der Waals surface area contributed by atoms with Crippen molar-refractivity contribution in [3.63, 3.8) is 0 Å². The van der Waals surface area contributed by atoms with Crippen LogP contribution in [-0.4, -0.2) is 6.54 Å². The summed E-state index contributed by atoms with van der Waals surface area (Å²) in [5, 5.41) is 3.71. The van der Waals surface area contributed by atoms with E-state index in [0.29, 0.717) is 6.04 Å². The summed E-state index contributed by atoms with van der Waals surface area (Å²) in [5.41, 5.74) is 0. The van der Waals surface area contributed by atoms with E-state index in [2.05, 4.69) is 38.2 Å².